The lowest BCUT2D eigenvalue weighted by atomic mass is 10.1. The van der Waals surface area contributed by atoms with Gasteiger partial charge in [-0.3, -0.25) is 0 Å². The van der Waals surface area contributed by atoms with E-state index in [0.29, 0.717) is 0 Å². The van der Waals surface area contributed by atoms with Gasteiger partial charge in [-0.25, -0.2) is 4.98 Å². The number of rotatable bonds is 3. The molecule has 0 aliphatic carbocycles. The first kappa shape index (κ1) is 9.98. The van der Waals surface area contributed by atoms with E-state index in [1.165, 1.54) is 0 Å². The van der Waals surface area contributed by atoms with Gasteiger partial charge in [0.2, 0.25) is 0 Å². The van der Waals surface area contributed by atoms with Crippen molar-refractivity contribution in [3.05, 3.63) is 41.9 Å². The van der Waals surface area contributed by atoms with Crippen LogP contribution in [0.2, 0.25) is 0 Å². The summed E-state index contributed by atoms with van der Waals surface area (Å²) in [5.74, 6) is 1.90. The number of hydrogen-bond donors (Lipinski definition) is 1. The first-order valence-corrected chi connectivity index (χ1v) is 4.92. The number of furan rings is 1. The van der Waals surface area contributed by atoms with Crippen molar-refractivity contribution >= 4 is 0 Å². The fraction of sp³-hybridized carbons (Fsp3) is 0.364. The van der Waals surface area contributed by atoms with Gasteiger partial charge in [0.25, 0.3) is 0 Å². The highest BCUT2D eigenvalue weighted by molar-refractivity contribution is 5.23. The van der Waals surface area contributed by atoms with Crippen LogP contribution in [0.15, 0.2) is 29.1 Å². The highest BCUT2D eigenvalue weighted by Crippen LogP contribution is 2.21. The molecule has 1 unspecified atom stereocenters. The van der Waals surface area contributed by atoms with Crippen LogP contribution < -0.4 is 5.32 Å². The highest BCUT2D eigenvalue weighted by Gasteiger charge is 2.17. The molecule has 0 aliphatic heterocycles. The fourth-order valence-electron chi connectivity index (χ4n) is 1.72. The minimum Gasteiger partial charge on any atom is -0.469 e. The molecule has 2 aromatic rings. The van der Waals surface area contributed by atoms with Crippen LogP contribution in [0.25, 0.3) is 0 Å². The van der Waals surface area contributed by atoms with Gasteiger partial charge >= 0.3 is 0 Å². The largest absolute Gasteiger partial charge is 0.469 e. The average Bonchev–Trinajstić information content (AvgIpc) is 2.79. The zero-order chi connectivity index (χ0) is 10.8. The molecule has 0 radical (unpaired) electrons. The van der Waals surface area contributed by atoms with E-state index in [0.717, 1.165) is 17.1 Å². The third kappa shape index (κ3) is 1.80. The van der Waals surface area contributed by atoms with E-state index in [9.17, 15) is 0 Å². The predicted molar refractivity (Wildman–Crippen MR) is 57.6 cm³/mol. The molecular formula is C11H15N3O. The van der Waals surface area contributed by atoms with Crippen LogP contribution in [0.4, 0.5) is 0 Å². The van der Waals surface area contributed by atoms with Gasteiger partial charge in [-0.15, -0.1) is 0 Å². The van der Waals surface area contributed by atoms with Crippen molar-refractivity contribution in [3.8, 4) is 0 Å². The number of aromatic nitrogens is 2. The van der Waals surface area contributed by atoms with Crippen molar-refractivity contribution in [1.82, 2.24) is 14.9 Å². The zero-order valence-electron chi connectivity index (χ0n) is 9.19. The Kier molecular flexibility index (Phi) is 2.60. The van der Waals surface area contributed by atoms with Gasteiger partial charge in [0, 0.05) is 25.0 Å². The summed E-state index contributed by atoms with van der Waals surface area (Å²) in [6.07, 6.45) is 5.50. The number of nitrogens with zero attached hydrogens (tertiary/aromatic N) is 2. The lowest BCUT2D eigenvalue weighted by Crippen LogP contribution is -2.20. The van der Waals surface area contributed by atoms with Crippen LogP contribution in [-0.2, 0) is 7.05 Å². The normalized spacial score (nSPS) is 13.0. The maximum absolute atomic E-state index is 5.31. The van der Waals surface area contributed by atoms with Gasteiger partial charge in [0.15, 0.2) is 0 Å². The monoisotopic (exact) mass is 205 g/mol. The van der Waals surface area contributed by atoms with Crippen molar-refractivity contribution in [2.75, 3.05) is 7.05 Å². The summed E-state index contributed by atoms with van der Waals surface area (Å²) in [6, 6.07) is 2.11. The minimum atomic E-state index is 0.0856. The Balaban J connectivity index is 2.36. The topological polar surface area (TPSA) is 43.0 Å². The summed E-state index contributed by atoms with van der Waals surface area (Å²) in [4.78, 5) is 4.33. The average molecular weight is 205 g/mol. The van der Waals surface area contributed by atoms with Gasteiger partial charge in [-0.1, -0.05) is 0 Å². The molecule has 80 valence electrons. The van der Waals surface area contributed by atoms with Crippen molar-refractivity contribution in [2.24, 2.45) is 7.05 Å². The third-order valence-electron chi connectivity index (χ3n) is 2.49. The fourth-order valence-corrected chi connectivity index (χ4v) is 1.72. The lowest BCUT2D eigenvalue weighted by Gasteiger charge is -2.13. The Bertz CT molecular complexity index is 444. The SMILES string of the molecule is CNC(c1coc(C)c1)c1nccn1C. The summed E-state index contributed by atoms with van der Waals surface area (Å²) in [7, 11) is 3.90. The first-order chi connectivity index (χ1) is 7.22. The Morgan fingerprint density at radius 3 is 2.80 bits per heavy atom. The van der Waals surface area contributed by atoms with E-state index < -0.39 is 0 Å². The van der Waals surface area contributed by atoms with Crippen molar-refractivity contribution in [1.29, 1.82) is 0 Å². The van der Waals surface area contributed by atoms with Crippen LogP contribution in [0.1, 0.15) is 23.2 Å². The molecule has 2 rings (SSSR count). The molecule has 1 atom stereocenters. The van der Waals surface area contributed by atoms with Gasteiger partial charge in [0.1, 0.15) is 11.6 Å². The number of nitrogens with one attached hydrogen (secondary N) is 1. The Morgan fingerprint density at radius 2 is 2.33 bits per heavy atom. The van der Waals surface area contributed by atoms with Crippen LogP contribution in [0.5, 0.6) is 0 Å². The Hall–Kier alpha value is -1.55. The van der Waals surface area contributed by atoms with Crippen molar-refractivity contribution in [2.45, 2.75) is 13.0 Å². The van der Waals surface area contributed by atoms with E-state index in [1.807, 2.05) is 37.8 Å². The van der Waals surface area contributed by atoms with E-state index >= 15 is 0 Å². The van der Waals surface area contributed by atoms with Gasteiger partial charge in [-0.2, -0.15) is 0 Å². The second-order valence-corrected chi connectivity index (χ2v) is 3.61. The summed E-state index contributed by atoms with van der Waals surface area (Å²) in [5.41, 5.74) is 1.10. The summed E-state index contributed by atoms with van der Waals surface area (Å²) >= 11 is 0. The van der Waals surface area contributed by atoms with Gasteiger partial charge < -0.3 is 14.3 Å². The molecular weight excluding hydrogens is 190 g/mol. The molecule has 0 amide bonds. The molecule has 0 aromatic carbocycles. The Morgan fingerprint density at radius 1 is 1.53 bits per heavy atom. The maximum atomic E-state index is 5.31. The minimum absolute atomic E-state index is 0.0856. The molecule has 2 aromatic heterocycles. The zero-order valence-corrected chi connectivity index (χ0v) is 9.19. The van der Waals surface area contributed by atoms with E-state index in [-0.39, 0.29) is 6.04 Å². The lowest BCUT2D eigenvalue weighted by molar-refractivity contribution is 0.524. The number of imidazole rings is 1. The van der Waals surface area contributed by atoms with Crippen molar-refractivity contribution in [3.63, 3.8) is 0 Å². The molecule has 0 bridgehead atoms. The second kappa shape index (κ2) is 3.90. The molecule has 0 fully saturated rings. The standard InChI is InChI=1S/C11H15N3O/c1-8-6-9(7-15-8)10(12-2)11-13-4-5-14(11)3/h4-7,10,12H,1-3H3. The predicted octanol–water partition coefficient (Wildman–Crippen LogP) is 1.63. The van der Waals surface area contributed by atoms with Crippen molar-refractivity contribution < 1.29 is 4.42 Å². The first-order valence-electron chi connectivity index (χ1n) is 4.92. The Labute approximate surface area is 88.9 Å². The van der Waals surface area contributed by atoms with Crippen LogP contribution >= 0.6 is 0 Å². The van der Waals surface area contributed by atoms with Crippen LogP contribution in [-0.4, -0.2) is 16.6 Å². The molecule has 0 saturated carbocycles. The van der Waals surface area contributed by atoms with Gasteiger partial charge in [0.05, 0.1) is 12.3 Å². The molecule has 1 N–H and O–H groups in total. The molecule has 0 saturated heterocycles. The number of hydrogen-bond acceptors (Lipinski definition) is 3. The smallest absolute Gasteiger partial charge is 0.130 e. The van der Waals surface area contributed by atoms with E-state index in [2.05, 4.69) is 10.3 Å². The second-order valence-electron chi connectivity index (χ2n) is 3.61. The number of aryl methyl sites for hydroxylation is 2. The quantitative estimate of drug-likeness (QED) is 0.828. The molecule has 0 aliphatic rings. The summed E-state index contributed by atoms with van der Waals surface area (Å²) < 4.78 is 7.31. The van der Waals surface area contributed by atoms with Crippen LogP contribution in [0, 0.1) is 6.92 Å². The summed E-state index contributed by atoms with van der Waals surface area (Å²) in [5, 5.41) is 3.23. The maximum Gasteiger partial charge on any atom is 0.130 e. The third-order valence-corrected chi connectivity index (χ3v) is 2.49. The molecule has 15 heavy (non-hydrogen) atoms. The van der Waals surface area contributed by atoms with E-state index in [1.54, 1.807) is 12.5 Å². The highest BCUT2D eigenvalue weighted by atomic mass is 16.3. The van der Waals surface area contributed by atoms with E-state index in [4.69, 9.17) is 4.42 Å². The summed E-state index contributed by atoms with van der Waals surface area (Å²) in [6.45, 7) is 1.94. The molecule has 0 spiro atoms. The molecule has 2 heterocycles. The van der Waals surface area contributed by atoms with Gasteiger partial charge in [-0.05, 0) is 20.0 Å². The van der Waals surface area contributed by atoms with Crippen LogP contribution in [0.3, 0.4) is 0 Å². The molecule has 4 heteroatoms. The molecule has 4 nitrogen and oxygen atoms in total.